The Labute approximate surface area is 142 Å². The van der Waals surface area contributed by atoms with E-state index in [0.717, 1.165) is 10.5 Å². The second kappa shape index (κ2) is 7.66. The molecule has 0 unspecified atom stereocenters. The highest BCUT2D eigenvalue weighted by Gasteiger charge is 2.32. The Morgan fingerprint density at radius 3 is 2.22 bits per heavy atom. The Morgan fingerprint density at radius 2 is 1.65 bits per heavy atom. The Hall–Kier alpha value is -1.79. The molecule has 0 atom stereocenters. The molecule has 1 N–H and O–H groups in total. The number of thiocarbonyl (C=S) groups is 1. The van der Waals surface area contributed by atoms with E-state index in [0.29, 0.717) is 10.7 Å². The van der Waals surface area contributed by atoms with Gasteiger partial charge < -0.3 is 10.2 Å². The van der Waals surface area contributed by atoms with Crippen LogP contribution in [-0.2, 0) is 6.54 Å². The molecular weight excluding hydrogens is 345 g/mol. The van der Waals surface area contributed by atoms with E-state index in [2.05, 4.69) is 5.32 Å². The topological polar surface area (TPSA) is 15.3 Å². The van der Waals surface area contributed by atoms with Gasteiger partial charge >= 0.3 is 6.18 Å². The molecule has 122 valence electrons. The molecule has 0 amide bonds. The van der Waals surface area contributed by atoms with Gasteiger partial charge in [0, 0.05) is 17.3 Å². The Kier molecular flexibility index (Phi) is 5.85. The van der Waals surface area contributed by atoms with Gasteiger partial charge in [-0.05, 0) is 42.0 Å². The standard InChI is InChI=1S/C16H14ClF3N2S/c17-13-6-8-14(9-7-13)21-15(23)22(11-16(18,19)20)10-12-4-2-1-3-5-12/h1-9H,10-11H2,(H,21,23). The summed E-state index contributed by atoms with van der Waals surface area (Å²) in [5.41, 5.74) is 1.33. The summed E-state index contributed by atoms with van der Waals surface area (Å²) in [7, 11) is 0. The maximum atomic E-state index is 12.8. The molecule has 0 aliphatic carbocycles. The van der Waals surface area contributed by atoms with Crippen molar-refractivity contribution in [3.63, 3.8) is 0 Å². The number of hydrogen-bond acceptors (Lipinski definition) is 1. The fraction of sp³-hybridized carbons (Fsp3) is 0.188. The van der Waals surface area contributed by atoms with Crippen molar-refractivity contribution in [1.29, 1.82) is 0 Å². The molecule has 2 aromatic carbocycles. The second-order valence-corrected chi connectivity index (χ2v) is 5.72. The van der Waals surface area contributed by atoms with E-state index in [1.54, 1.807) is 48.5 Å². The lowest BCUT2D eigenvalue weighted by Crippen LogP contribution is -2.40. The highest BCUT2D eigenvalue weighted by molar-refractivity contribution is 7.80. The van der Waals surface area contributed by atoms with Crippen LogP contribution in [0.4, 0.5) is 18.9 Å². The number of rotatable bonds is 4. The quantitative estimate of drug-likeness (QED) is 0.765. The van der Waals surface area contributed by atoms with Crippen molar-refractivity contribution in [3.05, 3.63) is 65.2 Å². The normalized spacial score (nSPS) is 11.1. The highest BCUT2D eigenvalue weighted by Crippen LogP contribution is 2.20. The summed E-state index contributed by atoms with van der Waals surface area (Å²) in [5, 5.41) is 3.36. The fourth-order valence-electron chi connectivity index (χ4n) is 1.96. The van der Waals surface area contributed by atoms with Crippen LogP contribution in [0.5, 0.6) is 0 Å². The molecule has 7 heteroatoms. The molecule has 0 saturated heterocycles. The summed E-state index contributed by atoms with van der Waals surface area (Å²) in [5.74, 6) is 0. The lowest BCUT2D eigenvalue weighted by Gasteiger charge is -2.27. The molecule has 0 aliphatic rings. The van der Waals surface area contributed by atoms with Crippen LogP contribution in [-0.4, -0.2) is 22.7 Å². The minimum absolute atomic E-state index is 0.00787. The maximum Gasteiger partial charge on any atom is 0.406 e. The number of halogens is 4. The van der Waals surface area contributed by atoms with Gasteiger partial charge in [0.05, 0.1) is 0 Å². The molecule has 2 rings (SSSR count). The first-order valence-corrected chi connectivity index (χ1v) is 7.54. The first kappa shape index (κ1) is 17.6. The van der Waals surface area contributed by atoms with Crippen LogP contribution in [0.3, 0.4) is 0 Å². The van der Waals surface area contributed by atoms with Crippen LogP contribution in [0.2, 0.25) is 5.02 Å². The molecule has 0 bridgehead atoms. The smallest absolute Gasteiger partial charge is 0.336 e. The van der Waals surface area contributed by atoms with Gasteiger partial charge in [-0.15, -0.1) is 0 Å². The van der Waals surface area contributed by atoms with Gasteiger partial charge in [-0.1, -0.05) is 41.9 Å². The number of nitrogens with zero attached hydrogens (tertiary/aromatic N) is 1. The van der Waals surface area contributed by atoms with Crippen LogP contribution in [0.15, 0.2) is 54.6 Å². The van der Waals surface area contributed by atoms with Crippen LogP contribution < -0.4 is 5.32 Å². The maximum absolute atomic E-state index is 12.8. The van der Waals surface area contributed by atoms with E-state index in [1.807, 2.05) is 6.07 Å². The van der Waals surface area contributed by atoms with E-state index in [-0.39, 0.29) is 11.7 Å². The molecule has 23 heavy (non-hydrogen) atoms. The molecule has 0 radical (unpaired) electrons. The molecule has 0 aromatic heterocycles. The van der Waals surface area contributed by atoms with Crippen LogP contribution in [0.25, 0.3) is 0 Å². The van der Waals surface area contributed by atoms with E-state index >= 15 is 0 Å². The average molecular weight is 359 g/mol. The van der Waals surface area contributed by atoms with E-state index < -0.39 is 12.7 Å². The second-order valence-electron chi connectivity index (χ2n) is 4.89. The summed E-state index contributed by atoms with van der Waals surface area (Å²) in [6.07, 6.45) is -4.35. The van der Waals surface area contributed by atoms with Crippen molar-refractivity contribution in [1.82, 2.24) is 4.90 Å². The minimum atomic E-state index is -4.35. The summed E-state index contributed by atoms with van der Waals surface area (Å²) < 4.78 is 38.4. The fourth-order valence-corrected chi connectivity index (χ4v) is 2.33. The van der Waals surface area contributed by atoms with Gasteiger partial charge in [-0.2, -0.15) is 13.2 Å². The van der Waals surface area contributed by atoms with Crippen LogP contribution in [0.1, 0.15) is 5.56 Å². The van der Waals surface area contributed by atoms with Crippen molar-refractivity contribution in [2.45, 2.75) is 12.7 Å². The van der Waals surface area contributed by atoms with Crippen molar-refractivity contribution < 1.29 is 13.2 Å². The molecule has 0 fully saturated rings. The van der Waals surface area contributed by atoms with Gasteiger partial charge in [0.15, 0.2) is 5.11 Å². The summed E-state index contributed by atoms with van der Waals surface area (Å²) in [6, 6.07) is 15.5. The lowest BCUT2D eigenvalue weighted by atomic mass is 10.2. The van der Waals surface area contributed by atoms with Gasteiger partial charge in [0.1, 0.15) is 6.54 Å². The van der Waals surface area contributed by atoms with E-state index in [1.165, 1.54) is 0 Å². The molecular formula is C16H14ClF3N2S. The SMILES string of the molecule is FC(F)(F)CN(Cc1ccccc1)C(=S)Nc1ccc(Cl)cc1. The number of nitrogens with one attached hydrogen (secondary N) is 1. The van der Waals surface area contributed by atoms with Gasteiger partial charge in [-0.25, -0.2) is 0 Å². The number of anilines is 1. The van der Waals surface area contributed by atoms with Crippen molar-refractivity contribution >= 4 is 34.6 Å². The summed E-state index contributed by atoms with van der Waals surface area (Å²) in [6.45, 7) is -1.05. The minimum Gasteiger partial charge on any atom is -0.336 e. The number of hydrogen-bond donors (Lipinski definition) is 1. The summed E-state index contributed by atoms with van der Waals surface area (Å²) in [4.78, 5) is 1.08. The third-order valence-corrected chi connectivity index (χ3v) is 3.58. The van der Waals surface area contributed by atoms with Gasteiger partial charge in [-0.3, -0.25) is 0 Å². The van der Waals surface area contributed by atoms with Crippen LogP contribution in [0, 0.1) is 0 Å². The first-order chi connectivity index (χ1) is 10.8. The monoisotopic (exact) mass is 358 g/mol. The zero-order chi connectivity index (χ0) is 16.9. The van der Waals surface area contributed by atoms with Crippen molar-refractivity contribution in [2.24, 2.45) is 0 Å². The molecule has 2 nitrogen and oxygen atoms in total. The third-order valence-electron chi connectivity index (χ3n) is 2.97. The molecule has 0 saturated carbocycles. The van der Waals surface area contributed by atoms with Crippen LogP contribution >= 0.6 is 23.8 Å². The Bertz CT molecular complexity index is 645. The molecule has 0 heterocycles. The zero-order valence-corrected chi connectivity index (χ0v) is 13.6. The Balaban J connectivity index is 2.11. The lowest BCUT2D eigenvalue weighted by molar-refractivity contribution is -0.138. The molecule has 2 aromatic rings. The summed E-state index contributed by atoms with van der Waals surface area (Å²) >= 11 is 10.9. The zero-order valence-electron chi connectivity index (χ0n) is 12.0. The van der Waals surface area contributed by atoms with E-state index in [4.69, 9.17) is 23.8 Å². The van der Waals surface area contributed by atoms with Crippen molar-refractivity contribution in [3.8, 4) is 0 Å². The molecule has 0 spiro atoms. The highest BCUT2D eigenvalue weighted by atomic mass is 35.5. The number of benzene rings is 2. The average Bonchev–Trinajstić information content (AvgIpc) is 2.48. The first-order valence-electron chi connectivity index (χ1n) is 6.76. The predicted octanol–water partition coefficient (Wildman–Crippen LogP) is 5.10. The molecule has 0 aliphatic heterocycles. The largest absolute Gasteiger partial charge is 0.406 e. The van der Waals surface area contributed by atoms with Crippen molar-refractivity contribution in [2.75, 3.05) is 11.9 Å². The van der Waals surface area contributed by atoms with Gasteiger partial charge in [0.25, 0.3) is 0 Å². The predicted molar refractivity (Wildman–Crippen MR) is 90.6 cm³/mol. The Morgan fingerprint density at radius 1 is 1.04 bits per heavy atom. The van der Waals surface area contributed by atoms with Gasteiger partial charge in [0.2, 0.25) is 0 Å². The number of alkyl halides is 3. The van der Waals surface area contributed by atoms with E-state index in [9.17, 15) is 13.2 Å². The third kappa shape index (κ3) is 6.08.